The summed E-state index contributed by atoms with van der Waals surface area (Å²) >= 11 is 0. The molecule has 1 spiro atoms. The third kappa shape index (κ3) is 5.87. The zero-order valence-corrected chi connectivity index (χ0v) is 40.4. The van der Waals surface area contributed by atoms with E-state index < -0.39 is 10.8 Å². The molecule has 0 saturated carbocycles. The van der Waals surface area contributed by atoms with Crippen LogP contribution in [0.25, 0.3) is 22.3 Å². The highest BCUT2D eigenvalue weighted by molar-refractivity contribution is 6.05. The molecule has 15 rings (SSSR count). The van der Waals surface area contributed by atoms with Gasteiger partial charge in [-0.15, -0.1) is 0 Å². The third-order valence-electron chi connectivity index (χ3n) is 16.7. The summed E-state index contributed by atoms with van der Waals surface area (Å²) in [6, 6.07) is 95.4. The Labute approximate surface area is 427 Å². The molecule has 2 nitrogen and oxygen atoms in total. The van der Waals surface area contributed by atoms with Gasteiger partial charge in [0.2, 0.25) is 0 Å². The van der Waals surface area contributed by atoms with Crippen LogP contribution in [-0.4, -0.2) is 0 Å². The summed E-state index contributed by atoms with van der Waals surface area (Å²) in [5.41, 5.74) is 27.5. The Morgan fingerprint density at radius 2 is 0.849 bits per heavy atom. The molecule has 5 aliphatic rings. The van der Waals surface area contributed by atoms with E-state index in [1.165, 1.54) is 94.7 Å². The van der Waals surface area contributed by atoms with Gasteiger partial charge in [-0.1, -0.05) is 200 Å². The van der Waals surface area contributed by atoms with Crippen LogP contribution in [0.3, 0.4) is 0 Å². The molecule has 0 N–H and O–H groups in total. The lowest BCUT2D eigenvalue weighted by Crippen LogP contribution is -2.32. The number of anilines is 6. The van der Waals surface area contributed by atoms with Gasteiger partial charge in [0, 0.05) is 34.0 Å². The van der Waals surface area contributed by atoms with Crippen molar-refractivity contribution in [1.82, 2.24) is 0 Å². The summed E-state index contributed by atoms with van der Waals surface area (Å²) in [6.45, 7) is 0. The molecule has 2 heteroatoms. The molecule has 0 heterocycles. The number of nitrogens with zero attached hydrogens (tertiary/aromatic N) is 2. The van der Waals surface area contributed by atoms with Crippen LogP contribution in [0.1, 0.15) is 68.5 Å². The van der Waals surface area contributed by atoms with Crippen LogP contribution in [0, 0.1) is 0 Å². The van der Waals surface area contributed by atoms with Gasteiger partial charge in [0.1, 0.15) is 0 Å². The zero-order chi connectivity index (χ0) is 48.1. The Bertz CT molecular complexity index is 3850. The van der Waals surface area contributed by atoms with Crippen molar-refractivity contribution < 1.29 is 0 Å². The van der Waals surface area contributed by atoms with Gasteiger partial charge in [-0.3, -0.25) is 0 Å². The first kappa shape index (κ1) is 41.8. The summed E-state index contributed by atoms with van der Waals surface area (Å²) in [4.78, 5) is 5.03. The number of allylic oxidation sites excluding steroid dienone is 5. The van der Waals surface area contributed by atoms with Crippen molar-refractivity contribution in [1.29, 1.82) is 0 Å². The van der Waals surface area contributed by atoms with Gasteiger partial charge in [0.15, 0.2) is 0 Å². The Morgan fingerprint density at radius 3 is 1.49 bits per heavy atom. The Kier molecular flexibility index (Phi) is 9.32. The van der Waals surface area contributed by atoms with E-state index in [1.807, 2.05) is 0 Å². The number of para-hydroxylation sites is 3. The molecule has 73 heavy (non-hydrogen) atoms. The van der Waals surface area contributed by atoms with Crippen molar-refractivity contribution in [3.05, 3.63) is 334 Å². The van der Waals surface area contributed by atoms with Gasteiger partial charge in [-0.05, 0) is 169 Å². The lowest BCUT2D eigenvalue weighted by atomic mass is 9.65. The van der Waals surface area contributed by atoms with Crippen LogP contribution >= 0.6 is 0 Å². The van der Waals surface area contributed by atoms with E-state index in [0.29, 0.717) is 0 Å². The van der Waals surface area contributed by atoms with Gasteiger partial charge >= 0.3 is 0 Å². The van der Waals surface area contributed by atoms with E-state index in [0.717, 1.165) is 47.7 Å². The van der Waals surface area contributed by atoms with E-state index in [2.05, 4.69) is 277 Å². The molecule has 10 aromatic carbocycles. The van der Waals surface area contributed by atoms with Crippen molar-refractivity contribution >= 4 is 45.3 Å². The van der Waals surface area contributed by atoms with Crippen LogP contribution in [0.5, 0.6) is 0 Å². The number of benzene rings is 10. The second-order valence-corrected chi connectivity index (χ2v) is 20.1. The Balaban J connectivity index is 1.00. The van der Waals surface area contributed by atoms with Crippen molar-refractivity contribution in [2.75, 3.05) is 9.80 Å². The Hall–Kier alpha value is -8.98. The highest BCUT2D eigenvalue weighted by Gasteiger charge is 2.57. The molecule has 0 bridgehead atoms. The van der Waals surface area contributed by atoms with Crippen LogP contribution < -0.4 is 9.80 Å². The highest BCUT2D eigenvalue weighted by atomic mass is 15.2. The molecule has 0 aliphatic heterocycles. The summed E-state index contributed by atoms with van der Waals surface area (Å²) in [7, 11) is 0. The summed E-state index contributed by atoms with van der Waals surface area (Å²) < 4.78 is 0. The van der Waals surface area contributed by atoms with Gasteiger partial charge in [-0.25, -0.2) is 0 Å². The molecular formula is C71H50N2. The molecular weight excluding hydrogens is 881 g/mol. The van der Waals surface area contributed by atoms with Crippen molar-refractivity contribution in [2.45, 2.75) is 30.1 Å². The molecule has 5 aliphatic carbocycles. The molecule has 1 atom stereocenters. The summed E-state index contributed by atoms with van der Waals surface area (Å²) in [6.07, 6.45) is 7.74. The molecule has 0 aromatic heterocycles. The average Bonchev–Trinajstić information content (AvgIpc) is 4.18. The lowest BCUT2D eigenvalue weighted by Gasteiger charge is -2.39. The Morgan fingerprint density at radius 1 is 0.342 bits per heavy atom. The normalized spacial score (nSPS) is 16.9. The number of fused-ring (bicyclic) bond motifs is 13. The maximum atomic E-state index is 2.59. The van der Waals surface area contributed by atoms with Gasteiger partial charge < -0.3 is 9.80 Å². The first-order valence-corrected chi connectivity index (χ1v) is 25.9. The van der Waals surface area contributed by atoms with Crippen LogP contribution in [0.2, 0.25) is 0 Å². The molecule has 0 radical (unpaired) electrons. The minimum Gasteiger partial charge on any atom is -0.310 e. The minimum absolute atomic E-state index is 0.523. The standard InChI is InChI=1S/C71H50N2/c1-6-24-49(25-7-1)70(50-26-8-2-9-27-50)62-38-20-18-35-57(62)59-43-41-54(46-64(59)70)72(51-28-10-3-11-29-51)55-42-44-60-58-36-19-21-39-63(58)71(65(60)47-55)66-45-48-23-16-17-34-56(48)68(66)61-37-22-40-67(69(61)71)73(52-30-12-4-13-31-52)53-32-14-5-15-33-53/h1-20,22-38,40-44,46-47H,21,39,45H2. The molecule has 0 amide bonds. The molecule has 1 unspecified atom stereocenters. The van der Waals surface area contributed by atoms with Crippen molar-refractivity contribution in [3.8, 4) is 11.1 Å². The third-order valence-corrected chi connectivity index (χ3v) is 16.7. The summed E-state index contributed by atoms with van der Waals surface area (Å²) in [5, 5.41) is 0. The van der Waals surface area contributed by atoms with E-state index in [4.69, 9.17) is 0 Å². The highest BCUT2D eigenvalue weighted by Crippen LogP contribution is 2.68. The zero-order valence-electron chi connectivity index (χ0n) is 40.4. The van der Waals surface area contributed by atoms with Gasteiger partial charge in [-0.2, -0.15) is 0 Å². The molecule has 10 aromatic rings. The van der Waals surface area contributed by atoms with Crippen molar-refractivity contribution in [3.63, 3.8) is 0 Å². The second kappa shape index (κ2) is 16.3. The number of rotatable bonds is 8. The predicted molar refractivity (Wildman–Crippen MR) is 302 cm³/mol. The van der Waals surface area contributed by atoms with Crippen LogP contribution in [0.4, 0.5) is 34.1 Å². The lowest BCUT2D eigenvalue weighted by molar-refractivity contribution is 0.681. The summed E-state index contributed by atoms with van der Waals surface area (Å²) in [5.74, 6) is 0. The van der Waals surface area contributed by atoms with E-state index in [-0.39, 0.29) is 0 Å². The first-order chi connectivity index (χ1) is 36.2. The largest absolute Gasteiger partial charge is 0.310 e. The minimum atomic E-state index is -0.530. The van der Waals surface area contributed by atoms with E-state index in [9.17, 15) is 0 Å². The second-order valence-electron chi connectivity index (χ2n) is 20.1. The fourth-order valence-electron chi connectivity index (χ4n) is 14.0. The number of hydrogen-bond donors (Lipinski definition) is 0. The van der Waals surface area contributed by atoms with Crippen LogP contribution in [-0.2, 0) is 17.3 Å². The fraction of sp³-hybridized carbons (Fsp3) is 0.0704. The van der Waals surface area contributed by atoms with Crippen molar-refractivity contribution in [2.24, 2.45) is 0 Å². The van der Waals surface area contributed by atoms with Gasteiger partial charge in [0.05, 0.1) is 16.5 Å². The maximum Gasteiger partial charge on any atom is 0.0714 e. The van der Waals surface area contributed by atoms with Gasteiger partial charge in [0.25, 0.3) is 0 Å². The van der Waals surface area contributed by atoms with Crippen LogP contribution in [0.15, 0.2) is 278 Å². The smallest absolute Gasteiger partial charge is 0.0714 e. The monoisotopic (exact) mass is 930 g/mol. The molecule has 0 fully saturated rings. The maximum absolute atomic E-state index is 2.59. The predicted octanol–water partition coefficient (Wildman–Crippen LogP) is 17.8. The van der Waals surface area contributed by atoms with E-state index >= 15 is 0 Å². The molecule has 0 saturated heterocycles. The topological polar surface area (TPSA) is 6.48 Å². The quantitative estimate of drug-likeness (QED) is 0.150. The molecule has 344 valence electrons. The SMILES string of the molecule is C1=CC2=C(CC1)C1(C3=C(c4ccccc4C3)c3cccc(N(c4ccccc4)c4ccccc4)c31)c1cc(N(c3ccccc3)c3ccc4c(c3)C(c3ccccc3)(c3ccccc3)c3ccccc3-4)ccc12. The average molecular weight is 931 g/mol. The van der Waals surface area contributed by atoms with E-state index in [1.54, 1.807) is 0 Å². The number of hydrogen-bond acceptors (Lipinski definition) is 2. The fourth-order valence-corrected chi connectivity index (χ4v) is 14.0. The first-order valence-electron chi connectivity index (χ1n) is 25.9.